The Morgan fingerprint density at radius 3 is 2.94 bits per heavy atom. The van der Waals surface area contributed by atoms with Crippen LogP contribution in [0.1, 0.15) is 15.9 Å². The Morgan fingerprint density at radius 1 is 1.47 bits per heavy atom. The minimum atomic E-state index is -0.400. The fourth-order valence-corrected chi connectivity index (χ4v) is 2.01. The second kappa shape index (κ2) is 5.80. The first-order chi connectivity index (χ1) is 8.27. The molecule has 1 aliphatic heterocycles. The molecule has 17 heavy (non-hydrogen) atoms. The molecule has 0 saturated carbocycles. The molecule has 0 spiro atoms. The van der Waals surface area contributed by atoms with Crippen molar-refractivity contribution in [3.63, 3.8) is 0 Å². The number of carbonyl (C=O) groups excluding carboxylic acids is 1. The Hall–Kier alpha value is -1.39. The van der Waals surface area contributed by atoms with Crippen LogP contribution in [0.25, 0.3) is 0 Å². The van der Waals surface area contributed by atoms with Crippen LogP contribution >= 0.6 is 0 Å². The van der Waals surface area contributed by atoms with Gasteiger partial charge in [-0.1, -0.05) is 18.2 Å². The van der Waals surface area contributed by atoms with Gasteiger partial charge in [-0.25, -0.2) is 0 Å². The molecule has 2 rings (SSSR count). The van der Waals surface area contributed by atoms with Gasteiger partial charge in [0.15, 0.2) is 0 Å². The quantitative estimate of drug-likeness (QED) is 0.822. The van der Waals surface area contributed by atoms with E-state index in [9.17, 15) is 4.79 Å². The zero-order valence-electron chi connectivity index (χ0n) is 9.82. The minimum absolute atomic E-state index is 0.400. The molecule has 1 saturated heterocycles. The highest BCUT2D eigenvalue weighted by Gasteiger charge is 2.12. The number of morpholine rings is 1. The predicted molar refractivity (Wildman–Crippen MR) is 64.8 cm³/mol. The molecule has 0 atom stereocenters. The minimum Gasteiger partial charge on any atom is -0.379 e. The van der Waals surface area contributed by atoms with Gasteiger partial charge in [0.25, 0.3) is 0 Å². The van der Waals surface area contributed by atoms with Gasteiger partial charge in [0, 0.05) is 19.6 Å². The summed E-state index contributed by atoms with van der Waals surface area (Å²) in [4.78, 5) is 13.6. The molecule has 4 heteroatoms. The van der Waals surface area contributed by atoms with Gasteiger partial charge < -0.3 is 10.5 Å². The van der Waals surface area contributed by atoms with Gasteiger partial charge in [-0.2, -0.15) is 0 Å². The van der Waals surface area contributed by atoms with Crippen molar-refractivity contribution < 1.29 is 9.53 Å². The van der Waals surface area contributed by atoms with Gasteiger partial charge in [0.05, 0.1) is 18.8 Å². The lowest BCUT2D eigenvalue weighted by molar-refractivity contribution is 0.0384. The largest absolute Gasteiger partial charge is 0.379 e. The molecule has 1 fully saturated rings. The van der Waals surface area contributed by atoms with Crippen LogP contribution in [0.2, 0.25) is 0 Å². The SMILES string of the molecule is NC(=O)c1[c]cccc1CCN1CCOCC1. The highest BCUT2D eigenvalue weighted by Crippen LogP contribution is 2.09. The third-order valence-corrected chi connectivity index (χ3v) is 2.99. The Bertz CT molecular complexity index is 387. The van der Waals surface area contributed by atoms with Gasteiger partial charge >= 0.3 is 0 Å². The molecule has 1 radical (unpaired) electrons. The number of hydrogen-bond acceptors (Lipinski definition) is 3. The summed E-state index contributed by atoms with van der Waals surface area (Å²) in [7, 11) is 0. The Morgan fingerprint density at radius 2 is 2.24 bits per heavy atom. The molecule has 2 N–H and O–H groups in total. The topological polar surface area (TPSA) is 55.6 Å². The molecule has 0 bridgehead atoms. The number of nitrogens with two attached hydrogens (primary N) is 1. The average molecular weight is 233 g/mol. The highest BCUT2D eigenvalue weighted by molar-refractivity contribution is 5.94. The van der Waals surface area contributed by atoms with Crippen LogP contribution in [-0.2, 0) is 11.2 Å². The molecule has 91 valence electrons. The van der Waals surface area contributed by atoms with Crippen molar-refractivity contribution in [1.82, 2.24) is 4.90 Å². The summed E-state index contributed by atoms with van der Waals surface area (Å²) < 4.78 is 5.29. The maximum atomic E-state index is 11.2. The van der Waals surface area contributed by atoms with E-state index in [1.165, 1.54) is 0 Å². The summed E-state index contributed by atoms with van der Waals surface area (Å²) in [5, 5.41) is 0. The van der Waals surface area contributed by atoms with E-state index >= 15 is 0 Å². The van der Waals surface area contributed by atoms with E-state index in [4.69, 9.17) is 10.5 Å². The monoisotopic (exact) mass is 233 g/mol. The predicted octanol–water partition coefficient (Wildman–Crippen LogP) is 0.460. The molecule has 0 aromatic heterocycles. The number of benzene rings is 1. The molecule has 1 aromatic rings. The van der Waals surface area contributed by atoms with Crippen LogP contribution in [0.4, 0.5) is 0 Å². The van der Waals surface area contributed by atoms with Gasteiger partial charge in [-0.3, -0.25) is 9.69 Å². The van der Waals surface area contributed by atoms with Gasteiger partial charge in [-0.15, -0.1) is 0 Å². The van der Waals surface area contributed by atoms with Crippen LogP contribution in [-0.4, -0.2) is 43.7 Å². The fraction of sp³-hybridized carbons (Fsp3) is 0.462. The first kappa shape index (κ1) is 12.1. The number of ether oxygens (including phenoxy) is 1. The van der Waals surface area contributed by atoms with Crippen LogP contribution in [0.15, 0.2) is 18.2 Å². The summed E-state index contributed by atoms with van der Waals surface area (Å²) in [6, 6.07) is 8.46. The normalized spacial score (nSPS) is 16.9. The average Bonchev–Trinajstić information content (AvgIpc) is 2.38. The molecule has 1 aliphatic rings. The smallest absolute Gasteiger partial charge is 0.249 e. The van der Waals surface area contributed by atoms with Gasteiger partial charge in [-0.05, 0) is 18.1 Å². The molecule has 1 heterocycles. The number of carbonyl (C=O) groups is 1. The van der Waals surface area contributed by atoms with E-state index in [2.05, 4.69) is 11.0 Å². The van der Waals surface area contributed by atoms with E-state index in [1.807, 2.05) is 12.1 Å². The summed E-state index contributed by atoms with van der Waals surface area (Å²) in [5.41, 5.74) is 6.81. The van der Waals surface area contributed by atoms with E-state index in [0.717, 1.165) is 44.8 Å². The van der Waals surface area contributed by atoms with E-state index in [-0.39, 0.29) is 0 Å². The third kappa shape index (κ3) is 3.28. The second-order valence-electron chi connectivity index (χ2n) is 4.14. The van der Waals surface area contributed by atoms with Crippen molar-refractivity contribution in [2.75, 3.05) is 32.8 Å². The van der Waals surface area contributed by atoms with Crippen LogP contribution in [0.3, 0.4) is 0 Å². The lowest BCUT2D eigenvalue weighted by atomic mass is 10.0. The van der Waals surface area contributed by atoms with Gasteiger partial charge in [0.1, 0.15) is 0 Å². The lowest BCUT2D eigenvalue weighted by Crippen LogP contribution is -2.37. The second-order valence-corrected chi connectivity index (χ2v) is 4.14. The Labute approximate surface area is 101 Å². The van der Waals surface area contributed by atoms with Crippen LogP contribution in [0, 0.1) is 6.07 Å². The maximum absolute atomic E-state index is 11.2. The zero-order valence-corrected chi connectivity index (χ0v) is 9.82. The summed E-state index contributed by atoms with van der Waals surface area (Å²) in [5.74, 6) is -0.400. The van der Waals surface area contributed by atoms with E-state index in [0.29, 0.717) is 5.56 Å². The van der Waals surface area contributed by atoms with Crippen molar-refractivity contribution in [3.8, 4) is 0 Å². The highest BCUT2D eigenvalue weighted by atomic mass is 16.5. The molecule has 0 aliphatic carbocycles. The maximum Gasteiger partial charge on any atom is 0.249 e. The lowest BCUT2D eigenvalue weighted by Gasteiger charge is -2.26. The van der Waals surface area contributed by atoms with Crippen molar-refractivity contribution >= 4 is 5.91 Å². The summed E-state index contributed by atoms with van der Waals surface area (Å²) in [6.07, 6.45) is 0.829. The number of primary amides is 1. The standard InChI is InChI=1S/C13H17N2O2/c14-13(16)12-4-2-1-3-11(12)5-6-15-7-9-17-10-8-15/h1-3H,5-10H2,(H2,14,16). The third-order valence-electron chi connectivity index (χ3n) is 2.99. The number of rotatable bonds is 4. The van der Waals surface area contributed by atoms with Crippen molar-refractivity contribution in [1.29, 1.82) is 0 Å². The molecule has 1 amide bonds. The molecular weight excluding hydrogens is 216 g/mol. The van der Waals surface area contributed by atoms with Gasteiger partial charge in [0.2, 0.25) is 5.91 Å². The summed E-state index contributed by atoms with van der Waals surface area (Å²) >= 11 is 0. The molecular formula is C13H17N2O2. The molecule has 4 nitrogen and oxygen atoms in total. The number of amides is 1. The first-order valence-corrected chi connectivity index (χ1v) is 5.87. The van der Waals surface area contributed by atoms with Crippen molar-refractivity contribution in [2.45, 2.75) is 6.42 Å². The van der Waals surface area contributed by atoms with E-state index in [1.54, 1.807) is 6.07 Å². The zero-order chi connectivity index (χ0) is 12.1. The molecule has 0 unspecified atom stereocenters. The summed E-state index contributed by atoms with van der Waals surface area (Å²) in [6.45, 7) is 4.44. The van der Waals surface area contributed by atoms with Crippen molar-refractivity contribution in [3.05, 3.63) is 35.4 Å². The first-order valence-electron chi connectivity index (χ1n) is 5.87. The Balaban J connectivity index is 1.96. The van der Waals surface area contributed by atoms with Crippen LogP contribution < -0.4 is 5.73 Å². The van der Waals surface area contributed by atoms with Crippen LogP contribution in [0.5, 0.6) is 0 Å². The number of hydrogen-bond donors (Lipinski definition) is 1. The van der Waals surface area contributed by atoms with Crippen molar-refractivity contribution in [2.24, 2.45) is 5.73 Å². The fourth-order valence-electron chi connectivity index (χ4n) is 2.01. The molecule has 1 aromatic carbocycles. The Kier molecular flexibility index (Phi) is 4.12. The number of nitrogens with zero attached hydrogens (tertiary/aromatic N) is 1. The van der Waals surface area contributed by atoms with E-state index < -0.39 is 5.91 Å².